The summed E-state index contributed by atoms with van der Waals surface area (Å²) in [5.74, 6) is 0.472. The molecule has 1 N–H and O–H groups in total. The highest BCUT2D eigenvalue weighted by Crippen LogP contribution is 2.23. The molecule has 0 aliphatic rings. The van der Waals surface area contributed by atoms with Gasteiger partial charge in [-0.2, -0.15) is 0 Å². The van der Waals surface area contributed by atoms with Crippen LogP contribution in [0, 0.1) is 0 Å². The van der Waals surface area contributed by atoms with Gasteiger partial charge in [-0.25, -0.2) is 4.98 Å². The molecule has 3 rings (SSSR count). The van der Waals surface area contributed by atoms with Gasteiger partial charge in [-0.3, -0.25) is 4.79 Å². The van der Waals surface area contributed by atoms with E-state index in [0.29, 0.717) is 11.4 Å². The fourth-order valence-electron chi connectivity index (χ4n) is 1.96. The van der Waals surface area contributed by atoms with Crippen molar-refractivity contribution in [3.63, 3.8) is 0 Å². The van der Waals surface area contributed by atoms with E-state index in [4.69, 9.17) is 0 Å². The van der Waals surface area contributed by atoms with Crippen LogP contribution in [-0.2, 0) is 7.05 Å². The molecule has 0 saturated carbocycles. The number of Topliss-reactive ketones (excluding diaryl/α,β-unsaturated/α-hetero) is 1. The number of nitrogens with zero attached hydrogens (tertiary/aromatic N) is 2. The van der Waals surface area contributed by atoms with Crippen molar-refractivity contribution in [3.8, 4) is 0 Å². The number of imidazole rings is 1. The Morgan fingerprint density at radius 1 is 1.32 bits per heavy atom. The third-order valence-corrected chi connectivity index (χ3v) is 4.01. The Morgan fingerprint density at radius 3 is 2.89 bits per heavy atom. The normalized spacial score (nSPS) is 11.0. The van der Waals surface area contributed by atoms with E-state index in [-0.39, 0.29) is 5.78 Å². The van der Waals surface area contributed by atoms with E-state index < -0.39 is 0 Å². The van der Waals surface area contributed by atoms with Gasteiger partial charge in [0.1, 0.15) is 0 Å². The first kappa shape index (κ1) is 12.0. The van der Waals surface area contributed by atoms with E-state index in [1.165, 1.54) is 11.8 Å². The summed E-state index contributed by atoms with van der Waals surface area (Å²) in [6.07, 6.45) is 1.76. The van der Waals surface area contributed by atoms with Gasteiger partial charge in [0.05, 0.1) is 22.5 Å². The first-order chi connectivity index (χ1) is 9.25. The van der Waals surface area contributed by atoms with Crippen molar-refractivity contribution in [1.82, 2.24) is 14.5 Å². The Morgan fingerprint density at radius 2 is 2.16 bits per heavy atom. The standard InChI is InChI=1S/C14H13N3OS/c1-17-12-7-3-2-5-10(12)16-14(17)19-9-13(18)11-6-4-8-15-11/h2-8,15H,9H2,1H3. The minimum absolute atomic E-state index is 0.0852. The number of fused-ring (bicyclic) bond motifs is 1. The van der Waals surface area contributed by atoms with Gasteiger partial charge in [0, 0.05) is 13.2 Å². The summed E-state index contributed by atoms with van der Waals surface area (Å²) in [6, 6.07) is 11.6. The molecule has 19 heavy (non-hydrogen) atoms. The highest BCUT2D eigenvalue weighted by molar-refractivity contribution is 7.99. The summed E-state index contributed by atoms with van der Waals surface area (Å²) in [5, 5.41) is 0.862. The second kappa shape index (κ2) is 4.93. The van der Waals surface area contributed by atoms with Gasteiger partial charge in [0.15, 0.2) is 10.9 Å². The topological polar surface area (TPSA) is 50.7 Å². The summed E-state index contributed by atoms with van der Waals surface area (Å²) in [7, 11) is 1.97. The van der Waals surface area contributed by atoms with Gasteiger partial charge in [-0.1, -0.05) is 23.9 Å². The zero-order chi connectivity index (χ0) is 13.2. The molecule has 0 bridgehead atoms. The maximum absolute atomic E-state index is 11.9. The fraction of sp³-hybridized carbons (Fsp3) is 0.143. The molecular weight excluding hydrogens is 258 g/mol. The number of ketones is 1. The third kappa shape index (κ3) is 2.29. The first-order valence-electron chi connectivity index (χ1n) is 5.96. The summed E-state index contributed by atoms with van der Waals surface area (Å²) in [4.78, 5) is 19.4. The van der Waals surface area contributed by atoms with Gasteiger partial charge >= 0.3 is 0 Å². The Bertz CT molecular complexity index is 715. The average Bonchev–Trinajstić information content (AvgIpc) is 3.05. The lowest BCUT2D eigenvalue weighted by molar-refractivity contribution is 0.101. The van der Waals surface area contributed by atoms with Crippen LogP contribution in [0.25, 0.3) is 11.0 Å². The molecule has 0 atom stereocenters. The molecule has 0 saturated heterocycles. The molecule has 0 radical (unpaired) electrons. The maximum Gasteiger partial charge on any atom is 0.189 e. The monoisotopic (exact) mass is 271 g/mol. The summed E-state index contributed by atoms with van der Waals surface area (Å²) >= 11 is 1.46. The second-order valence-electron chi connectivity index (χ2n) is 4.24. The molecule has 5 heteroatoms. The van der Waals surface area contributed by atoms with Gasteiger partial charge in [-0.15, -0.1) is 0 Å². The van der Waals surface area contributed by atoms with Crippen molar-refractivity contribution in [2.75, 3.05) is 5.75 Å². The van der Waals surface area contributed by atoms with E-state index in [1.54, 1.807) is 12.3 Å². The number of carbonyl (C=O) groups excluding carboxylic acids is 1. The molecule has 0 unspecified atom stereocenters. The molecule has 2 heterocycles. The van der Waals surface area contributed by atoms with Crippen molar-refractivity contribution < 1.29 is 4.79 Å². The number of aromatic amines is 1. The van der Waals surface area contributed by atoms with Crippen LogP contribution in [0.1, 0.15) is 10.5 Å². The molecule has 0 fully saturated rings. The number of carbonyl (C=O) groups is 1. The number of aryl methyl sites for hydroxylation is 1. The smallest absolute Gasteiger partial charge is 0.189 e. The Hall–Kier alpha value is -2.01. The number of rotatable bonds is 4. The number of thioether (sulfide) groups is 1. The number of nitrogens with one attached hydrogen (secondary N) is 1. The molecule has 1 aromatic carbocycles. The first-order valence-corrected chi connectivity index (χ1v) is 6.95. The Balaban J connectivity index is 1.79. The number of para-hydroxylation sites is 2. The Kier molecular flexibility index (Phi) is 3.13. The lowest BCUT2D eigenvalue weighted by Gasteiger charge is -2.01. The lowest BCUT2D eigenvalue weighted by Crippen LogP contribution is -2.03. The molecule has 2 aromatic heterocycles. The fourth-order valence-corrected chi connectivity index (χ4v) is 2.83. The predicted octanol–water partition coefficient (Wildman–Crippen LogP) is 2.88. The van der Waals surface area contributed by atoms with Crippen LogP contribution in [0.3, 0.4) is 0 Å². The molecule has 4 nitrogen and oxygen atoms in total. The van der Waals surface area contributed by atoms with Crippen molar-refractivity contribution in [2.24, 2.45) is 7.05 Å². The van der Waals surface area contributed by atoms with Crippen molar-refractivity contribution in [2.45, 2.75) is 5.16 Å². The third-order valence-electron chi connectivity index (χ3n) is 2.98. The molecule has 96 valence electrons. The largest absolute Gasteiger partial charge is 0.359 e. The van der Waals surface area contributed by atoms with E-state index in [1.807, 2.05) is 41.9 Å². The van der Waals surface area contributed by atoms with E-state index in [9.17, 15) is 4.79 Å². The van der Waals surface area contributed by atoms with Crippen LogP contribution in [0.4, 0.5) is 0 Å². The quantitative estimate of drug-likeness (QED) is 0.586. The van der Waals surface area contributed by atoms with Crippen LogP contribution >= 0.6 is 11.8 Å². The number of H-pyrrole nitrogens is 1. The second-order valence-corrected chi connectivity index (χ2v) is 5.18. The van der Waals surface area contributed by atoms with E-state index >= 15 is 0 Å². The lowest BCUT2D eigenvalue weighted by atomic mass is 10.3. The molecule has 0 amide bonds. The Labute approximate surface area is 114 Å². The molecule has 0 aliphatic carbocycles. The van der Waals surface area contributed by atoms with E-state index in [0.717, 1.165) is 16.2 Å². The summed E-state index contributed by atoms with van der Waals surface area (Å²) in [5.41, 5.74) is 2.68. The number of benzene rings is 1. The summed E-state index contributed by atoms with van der Waals surface area (Å²) < 4.78 is 2.02. The number of aromatic nitrogens is 3. The van der Waals surface area contributed by atoms with Crippen LogP contribution in [-0.4, -0.2) is 26.1 Å². The molecule has 0 aliphatic heterocycles. The van der Waals surface area contributed by atoms with Crippen molar-refractivity contribution >= 4 is 28.6 Å². The number of hydrogen-bond acceptors (Lipinski definition) is 3. The molecular formula is C14H13N3OS. The van der Waals surface area contributed by atoms with Gasteiger partial charge in [0.2, 0.25) is 0 Å². The highest BCUT2D eigenvalue weighted by atomic mass is 32.2. The maximum atomic E-state index is 11.9. The SMILES string of the molecule is Cn1c(SCC(=O)c2ccc[nH]2)nc2ccccc21. The summed E-state index contributed by atoms with van der Waals surface area (Å²) in [6.45, 7) is 0. The minimum Gasteiger partial charge on any atom is -0.359 e. The van der Waals surface area contributed by atoms with Crippen LogP contribution in [0.2, 0.25) is 0 Å². The predicted molar refractivity (Wildman–Crippen MR) is 76.6 cm³/mol. The van der Waals surface area contributed by atoms with E-state index in [2.05, 4.69) is 9.97 Å². The van der Waals surface area contributed by atoms with Crippen molar-refractivity contribution in [1.29, 1.82) is 0 Å². The zero-order valence-electron chi connectivity index (χ0n) is 10.5. The highest BCUT2D eigenvalue weighted by Gasteiger charge is 2.11. The van der Waals surface area contributed by atoms with Gasteiger partial charge < -0.3 is 9.55 Å². The van der Waals surface area contributed by atoms with Crippen molar-refractivity contribution in [3.05, 3.63) is 48.3 Å². The zero-order valence-corrected chi connectivity index (χ0v) is 11.3. The molecule has 0 spiro atoms. The van der Waals surface area contributed by atoms with Crippen LogP contribution < -0.4 is 0 Å². The minimum atomic E-state index is 0.0852. The molecule has 3 aromatic rings. The average molecular weight is 271 g/mol. The van der Waals surface area contributed by atoms with Crippen LogP contribution in [0.15, 0.2) is 47.8 Å². The number of hydrogen-bond donors (Lipinski definition) is 1. The van der Waals surface area contributed by atoms with Gasteiger partial charge in [-0.05, 0) is 24.3 Å². The van der Waals surface area contributed by atoms with Crippen LogP contribution in [0.5, 0.6) is 0 Å². The van der Waals surface area contributed by atoms with Gasteiger partial charge in [0.25, 0.3) is 0 Å².